The fourth-order valence-electron chi connectivity index (χ4n) is 1.43. The third-order valence-electron chi connectivity index (χ3n) is 2.29. The van der Waals surface area contributed by atoms with Crippen LogP contribution in [0.1, 0.15) is 24.8 Å². The van der Waals surface area contributed by atoms with Gasteiger partial charge in [-0.2, -0.15) is 0 Å². The number of ether oxygens (including phenoxy) is 1. The van der Waals surface area contributed by atoms with Crippen molar-refractivity contribution in [1.29, 1.82) is 0 Å². The highest BCUT2D eigenvalue weighted by Crippen LogP contribution is 2.26. The average Bonchev–Trinajstić information content (AvgIpc) is 2.90. The fraction of sp³-hybridized carbons (Fsp3) is 0.500. The van der Waals surface area contributed by atoms with E-state index in [0.717, 1.165) is 13.0 Å². The summed E-state index contributed by atoms with van der Waals surface area (Å²) in [5, 5.41) is 0. The van der Waals surface area contributed by atoms with Crippen LogP contribution < -0.4 is 0 Å². The molecule has 0 saturated carbocycles. The Morgan fingerprint density at radius 2 is 2.25 bits per heavy atom. The zero-order valence-corrected chi connectivity index (χ0v) is 7.23. The molecule has 64 valence electrons. The van der Waals surface area contributed by atoms with Gasteiger partial charge in [-0.25, -0.2) is 0 Å². The summed E-state index contributed by atoms with van der Waals surface area (Å²) >= 11 is 0. The molecule has 1 aliphatic rings. The minimum Gasteiger partial charge on any atom is -0.373 e. The lowest BCUT2D eigenvalue weighted by Crippen LogP contribution is -1.97. The molecule has 0 aliphatic carbocycles. The molecule has 1 aromatic rings. The number of rotatable bonds is 3. The predicted octanol–water partition coefficient (Wildman–Crippen LogP) is 1.97. The Morgan fingerprint density at radius 1 is 1.58 bits per heavy atom. The average molecular weight is 163 g/mol. The van der Waals surface area contributed by atoms with E-state index in [1.807, 2.05) is 12.4 Å². The molecule has 0 aromatic carbocycles. The van der Waals surface area contributed by atoms with Gasteiger partial charge in [-0.1, -0.05) is 6.92 Å². The maximum absolute atomic E-state index is 5.19. The second-order valence-corrected chi connectivity index (χ2v) is 3.37. The van der Waals surface area contributed by atoms with Crippen LogP contribution in [-0.2, 0) is 4.74 Å². The largest absolute Gasteiger partial charge is 0.373 e. The van der Waals surface area contributed by atoms with E-state index in [1.54, 1.807) is 0 Å². The minimum atomic E-state index is 0.521. The second kappa shape index (κ2) is 3.23. The van der Waals surface area contributed by atoms with E-state index in [0.29, 0.717) is 12.0 Å². The summed E-state index contributed by atoms with van der Waals surface area (Å²) in [7, 11) is 0. The van der Waals surface area contributed by atoms with Crippen LogP contribution in [0.4, 0.5) is 0 Å². The monoisotopic (exact) mass is 163 g/mol. The molecule has 2 unspecified atom stereocenters. The highest BCUT2D eigenvalue weighted by molar-refractivity contribution is 5.15. The number of nitrogens with zero attached hydrogens (tertiary/aromatic N) is 1. The lowest BCUT2D eigenvalue weighted by Gasteiger charge is -2.08. The van der Waals surface area contributed by atoms with Gasteiger partial charge in [-0.3, -0.25) is 4.98 Å². The molecule has 1 aromatic heterocycles. The zero-order chi connectivity index (χ0) is 8.39. The van der Waals surface area contributed by atoms with E-state index in [2.05, 4.69) is 24.0 Å². The van der Waals surface area contributed by atoms with E-state index in [-0.39, 0.29) is 0 Å². The Labute approximate surface area is 72.6 Å². The standard InChI is InChI=1S/C10H13NO/c1-8(6-10-7-12-10)9-2-4-11-5-3-9/h2-5,8,10H,6-7H2,1H3. The molecule has 0 spiro atoms. The number of pyridine rings is 1. The first kappa shape index (κ1) is 7.74. The zero-order valence-electron chi connectivity index (χ0n) is 7.23. The van der Waals surface area contributed by atoms with E-state index in [4.69, 9.17) is 4.74 Å². The van der Waals surface area contributed by atoms with Crippen LogP contribution in [0, 0.1) is 0 Å². The molecule has 0 radical (unpaired) electrons. The van der Waals surface area contributed by atoms with Gasteiger partial charge in [0.2, 0.25) is 0 Å². The lowest BCUT2D eigenvalue weighted by molar-refractivity contribution is 0.385. The molecule has 2 rings (SSSR count). The van der Waals surface area contributed by atoms with Crippen LogP contribution in [0.25, 0.3) is 0 Å². The summed E-state index contributed by atoms with van der Waals surface area (Å²) in [4.78, 5) is 3.99. The van der Waals surface area contributed by atoms with Gasteiger partial charge in [-0.15, -0.1) is 0 Å². The van der Waals surface area contributed by atoms with Crippen molar-refractivity contribution in [3.8, 4) is 0 Å². The molecule has 2 atom stereocenters. The normalized spacial score (nSPS) is 23.6. The molecule has 2 nitrogen and oxygen atoms in total. The summed E-state index contributed by atoms with van der Waals surface area (Å²) in [5.41, 5.74) is 1.36. The van der Waals surface area contributed by atoms with E-state index in [9.17, 15) is 0 Å². The van der Waals surface area contributed by atoms with E-state index in [1.165, 1.54) is 5.56 Å². The Balaban J connectivity index is 1.98. The van der Waals surface area contributed by atoms with Crippen LogP contribution in [0.15, 0.2) is 24.5 Å². The van der Waals surface area contributed by atoms with Crippen molar-refractivity contribution in [2.45, 2.75) is 25.4 Å². The summed E-state index contributed by atoms with van der Waals surface area (Å²) in [5.74, 6) is 0.598. The number of epoxide rings is 1. The van der Waals surface area contributed by atoms with E-state index < -0.39 is 0 Å². The van der Waals surface area contributed by atoms with Gasteiger partial charge in [0, 0.05) is 12.4 Å². The van der Waals surface area contributed by atoms with Crippen LogP contribution >= 0.6 is 0 Å². The molecule has 12 heavy (non-hydrogen) atoms. The Bertz CT molecular complexity index is 243. The molecule has 2 heteroatoms. The quantitative estimate of drug-likeness (QED) is 0.636. The van der Waals surface area contributed by atoms with Crippen LogP contribution in [0.2, 0.25) is 0 Å². The second-order valence-electron chi connectivity index (χ2n) is 3.37. The van der Waals surface area contributed by atoms with Gasteiger partial charge in [0.1, 0.15) is 0 Å². The summed E-state index contributed by atoms with van der Waals surface area (Å²) < 4.78 is 5.19. The third kappa shape index (κ3) is 1.83. The molecule has 2 heterocycles. The van der Waals surface area contributed by atoms with Gasteiger partial charge >= 0.3 is 0 Å². The van der Waals surface area contributed by atoms with Crippen molar-refractivity contribution in [2.24, 2.45) is 0 Å². The molecular weight excluding hydrogens is 150 g/mol. The maximum atomic E-state index is 5.19. The first-order valence-electron chi connectivity index (χ1n) is 4.38. The molecule has 0 amide bonds. The smallest absolute Gasteiger partial charge is 0.0815 e. The van der Waals surface area contributed by atoms with Crippen LogP contribution in [0.3, 0.4) is 0 Å². The van der Waals surface area contributed by atoms with Gasteiger partial charge < -0.3 is 4.74 Å². The van der Waals surface area contributed by atoms with Crippen molar-refractivity contribution in [3.05, 3.63) is 30.1 Å². The van der Waals surface area contributed by atoms with Crippen molar-refractivity contribution in [3.63, 3.8) is 0 Å². The van der Waals surface area contributed by atoms with Crippen molar-refractivity contribution in [1.82, 2.24) is 4.98 Å². The molecule has 1 saturated heterocycles. The van der Waals surface area contributed by atoms with Gasteiger partial charge in [0.25, 0.3) is 0 Å². The van der Waals surface area contributed by atoms with Crippen molar-refractivity contribution >= 4 is 0 Å². The summed E-state index contributed by atoms with van der Waals surface area (Å²) in [6.45, 7) is 3.19. The lowest BCUT2D eigenvalue weighted by atomic mass is 9.98. The van der Waals surface area contributed by atoms with Crippen LogP contribution in [-0.4, -0.2) is 17.7 Å². The molecule has 0 bridgehead atoms. The topological polar surface area (TPSA) is 25.4 Å². The van der Waals surface area contributed by atoms with Crippen molar-refractivity contribution < 1.29 is 4.74 Å². The predicted molar refractivity (Wildman–Crippen MR) is 47.0 cm³/mol. The molecule has 0 N–H and O–H groups in total. The Morgan fingerprint density at radius 3 is 2.83 bits per heavy atom. The maximum Gasteiger partial charge on any atom is 0.0815 e. The highest BCUT2D eigenvalue weighted by atomic mass is 16.6. The first-order valence-corrected chi connectivity index (χ1v) is 4.38. The molecule has 1 fully saturated rings. The van der Waals surface area contributed by atoms with Crippen LogP contribution in [0.5, 0.6) is 0 Å². The molecule has 1 aliphatic heterocycles. The Kier molecular flexibility index (Phi) is 2.09. The number of hydrogen-bond acceptors (Lipinski definition) is 2. The number of hydrogen-bond donors (Lipinski definition) is 0. The third-order valence-corrected chi connectivity index (χ3v) is 2.29. The van der Waals surface area contributed by atoms with Gasteiger partial charge in [0.15, 0.2) is 0 Å². The Hall–Kier alpha value is -0.890. The van der Waals surface area contributed by atoms with E-state index >= 15 is 0 Å². The van der Waals surface area contributed by atoms with Gasteiger partial charge in [-0.05, 0) is 30.0 Å². The van der Waals surface area contributed by atoms with Gasteiger partial charge in [0.05, 0.1) is 12.7 Å². The number of aromatic nitrogens is 1. The van der Waals surface area contributed by atoms with Crippen molar-refractivity contribution in [2.75, 3.05) is 6.61 Å². The first-order chi connectivity index (χ1) is 5.86. The fourth-order valence-corrected chi connectivity index (χ4v) is 1.43. The molecular formula is C10H13NO. The SMILES string of the molecule is CC(CC1CO1)c1ccncc1. The minimum absolute atomic E-state index is 0.521. The highest BCUT2D eigenvalue weighted by Gasteiger charge is 2.25. The summed E-state index contributed by atoms with van der Waals surface area (Å²) in [6.07, 6.45) is 5.36. The summed E-state index contributed by atoms with van der Waals surface area (Å²) in [6, 6.07) is 4.15.